The minimum Gasteiger partial charge on any atom is -0.299 e. The van der Waals surface area contributed by atoms with Crippen LogP contribution in [0.25, 0.3) is 0 Å². The SMILES string of the molecule is CCCCCCCCn1cccnc1=O. The van der Waals surface area contributed by atoms with Crippen molar-refractivity contribution in [3.8, 4) is 0 Å². The van der Waals surface area contributed by atoms with E-state index < -0.39 is 0 Å². The van der Waals surface area contributed by atoms with Crippen molar-refractivity contribution < 1.29 is 0 Å². The van der Waals surface area contributed by atoms with Gasteiger partial charge in [-0.05, 0) is 12.5 Å². The minimum absolute atomic E-state index is 0.133. The summed E-state index contributed by atoms with van der Waals surface area (Å²) in [6.07, 6.45) is 10.8. The monoisotopic (exact) mass is 208 g/mol. The van der Waals surface area contributed by atoms with Gasteiger partial charge in [-0.3, -0.25) is 4.57 Å². The van der Waals surface area contributed by atoms with Crippen LogP contribution in [0, 0.1) is 0 Å². The third-order valence-electron chi connectivity index (χ3n) is 2.54. The zero-order valence-electron chi connectivity index (χ0n) is 9.48. The van der Waals surface area contributed by atoms with Crippen LogP contribution >= 0.6 is 0 Å². The summed E-state index contributed by atoms with van der Waals surface area (Å²) in [6.45, 7) is 3.02. The molecule has 3 nitrogen and oxygen atoms in total. The number of unbranched alkanes of at least 4 members (excludes halogenated alkanes) is 5. The van der Waals surface area contributed by atoms with Crippen LogP contribution < -0.4 is 5.69 Å². The largest absolute Gasteiger partial charge is 0.347 e. The van der Waals surface area contributed by atoms with Crippen LogP contribution in [-0.2, 0) is 6.54 Å². The molecule has 0 aromatic carbocycles. The summed E-state index contributed by atoms with van der Waals surface area (Å²) in [5.74, 6) is 0. The van der Waals surface area contributed by atoms with Crippen LogP contribution in [0.1, 0.15) is 45.4 Å². The zero-order valence-corrected chi connectivity index (χ0v) is 9.48. The fourth-order valence-electron chi connectivity index (χ4n) is 1.62. The Hall–Kier alpha value is -1.12. The Labute approximate surface area is 91.2 Å². The number of nitrogens with zero attached hydrogens (tertiary/aromatic N) is 2. The second-order valence-electron chi connectivity index (χ2n) is 3.86. The van der Waals surface area contributed by atoms with E-state index in [0.717, 1.165) is 13.0 Å². The lowest BCUT2D eigenvalue weighted by Crippen LogP contribution is -2.21. The van der Waals surface area contributed by atoms with Crippen LogP contribution in [0.2, 0.25) is 0 Å². The van der Waals surface area contributed by atoms with E-state index in [0.29, 0.717) is 0 Å². The Balaban J connectivity index is 2.15. The van der Waals surface area contributed by atoms with Crippen LogP contribution in [0.15, 0.2) is 23.3 Å². The molecule has 1 heterocycles. The van der Waals surface area contributed by atoms with Crippen LogP contribution in [0.5, 0.6) is 0 Å². The van der Waals surface area contributed by atoms with Crippen LogP contribution in [0.4, 0.5) is 0 Å². The highest BCUT2D eigenvalue weighted by atomic mass is 16.1. The van der Waals surface area contributed by atoms with Gasteiger partial charge in [0.2, 0.25) is 0 Å². The zero-order chi connectivity index (χ0) is 10.9. The molecule has 1 rings (SSSR count). The summed E-state index contributed by atoms with van der Waals surface area (Å²) in [5, 5.41) is 0. The molecule has 3 heteroatoms. The maximum atomic E-state index is 11.2. The predicted molar refractivity (Wildman–Crippen MR) is 61.9 cm³/mol. The van der Waals surface area contributed by atoms with E-state index in [1.165, 1.54) is 32.1 Å². The van der Waals surface area contributed by atoms with Gasteiger partial charge in [0.15, 0.2) is 0 Å². The van der Waals surface area contributed by atoms with Gasteiger partial charge < -0.3 is 0 Å². The minimum atomic E-state index is -0.133. The van der Waals surface area contributed by atoms with Gasteiger partial charge in [-0.1, -0.05) is 39.0 Å². The molecule has 1 aromatic rings. The van der Waals surface area contributed by atoms with Crippen molar-refractivity contribution in [3.05, 3.63) is 28.9 Å². The molecule has 15 heavy (non-hydrogen) atoms. The normalized spacial score (nSPS) is 10.5. The molecule has 1 aromatic heterocycles. The van der Waals surface area contributed by atoms with Gasteiger partial charge >= 0.3 is 5.69 Å². The summed E-state index contributed by atoms with van der Waals surface area (Å²) in [5.41, 5.74) is -0.133. The second-order valence-corrected chi connectivity index (χ2v) is 3.86. The van der Waals surface area contributed by atoms with Crippen LogP contribution in [0.3, 0.4) is 0 Å². The molecule has 0 radical (unpaired) electrons. The molecule has 84 valence electrons. The van der Waals surface area contributed by atoms with Crippen LogP contribution in [-0.4, -0.2) is 9.55 Å². The molecule has 0 spiro atoms. The molecule has 0 saturated carbocycles. The number of aromatic nitrogens is 2. The molecule has 0 fully saturated rings. The van der Waals surface area contributed by atoms with Gasteiger partial charge in [-0.15, -0.1) is 0 Å². The number of hydrogen-bond acceptors (Lipinski definition) is 2. The van der Waals surface area contributed by atoms with Gasteiger partial charge in [0, 0.05) is 18.9 Å². The second kappa shape index (κ2) is 7.21. The summed E-state index contributed by atoms with van der Waals surface area (Å²) in [7, 11) is 0. The lowest BCUT2D eigenvalue weighted by atomic mass is 10.1. The molecule has 0 unspecified atom stereocenters. The van der Waals surface area contributed by atoms with E-state index in [4.69, 9.17) is 0 Å². The van der Waals surface area contributed by atoms with Gasteiger partial charge in [-0.2, -0.15) is 0 Å². The van der Waals surface area contributed by atoms with E-state index in [-0.39, 0.29) is 5.69 Å². The van der Waals surface area contributed by atoms with E-state index in [1.807, 2.05) is 0 Å². The molecule has 0 aliphatic carbocycles. The van der Waals surface area contributed by atoms with E-state index in [2.05, 4.69) is 11.9 Å². The fraction of sp³-hybridized carbons (Fsp3) is 0.667. The maximum absolute atomic E-state index is 11.2. The Morgan fingerprint density at radius 3 is 2.67 bits per heavy atom. The van der Waals surface area contributed by atoms with Gasteiger partial charge in [0.25, 0.3) is 0 Å². The van der Waals surface area contributed by atoms with Crippen molar-refractivity contribution in [2.45, 2.75) is 52.0 Å². The van der Waals surface area contributed by atoms with Crippen molar-refractivity contribution in [1.82, 2.24) is 9.55 Å². The summed E-state index contributed by atoms with van der Waals surface area (Å²) in [4.78, 5) is 15.0. The third-order valence-corrected chi connectivity index (χ3v) is 2.54. The van der Waals surface area contributed by atoms with Crippen molar-refractivity contribution in [1.29, 1.82) is 0 Å². The Morgan fingerprint density at radius 1 is 1.20 bits per heavy atom. The molecule has 0 saturated heterocycles. The average Bonchev–Trinajstić information content (AvgIpc) is 2.25. The highest BCUT2D eigenvalue weighted by Gasteiger charge is 1.94. The van der Waals surface area contributed by atoms with E-state index in [9.17, 15) is 4.79 Å². The molecule has 0 aliphatic heterocycles. The third kappa shape index (κ3) is 4.77. The van der Waals surface area contributed by atoms with Crippen molar-refractivity contribution in [2.75, 3.05) is 0 Å². The first-order chi connectivity index (χ1) is 7.34. The lowest BCUT2D eigenvalue weighted by molar-refractivity contribution is 0.543. The Kier molecular flexibility index (Phi) is 5.74. The summed E-state index contributed by atoms with van der Waals surface area (Å²) in [6, 6.07) is 1.80. The quantitative estimate of drug-likeness (QED) is 0.645. The number of aryl methyl sites for hydroxylation is 1. The molecule has 0 N–H and O–H groups in total. The van der Waals surface area contributed by atoms with Crippen molar-refractivity contribution in [2.24, 2.45) is 0 Å². The molecule has 0 bridgehead atoms. The summed E-state index contributed by atoms with van der Waals surface area (Å²) < 4.78 is 1.68. The van der Waals surface area contributed by atoms with Gasteiger partial charge in [0.05, 0.1) is 0 Å². The van der Waals surface area contributed by atoms with E-state index in [1.54, 1.807) is 23.0 Å². The first-order valence-electron chi connectivity index (χ1n) is 5.86. The van der Waals surface area contributed by atoms with Gasteiger partial charge in [-0.25, -0.2) is 9.78 Å². The molecule has 0 atom stereocenters. The first kappa shape index (κ1) is 12.0. The topological polar surface area (TPSA) is 34.9 Å². The molecular formula is C12H20N2O. The maximum Gasteiger partial charge on any atom is 0.347 e. The number of hydrogen-bond donors (Lipinski definition) is 0. The average molecular weight is 208 g/mol. The van der Waals surface area contributed by atoms with Crippen molar-refractivity contribution in [3.63, 3.8) is 0 Å². The van der Waals surface area contributed by atoms with Crippen molar-refractivity contribution >= 4 is 0 Å². The van der Waals surface area contributed by atoms with Gasteiger partial charge in [0.1, 0.15) is 0 Å². The van der Waals surface area contributed by atoms with E-state index >= 15 is 0 Å². The number of rotatable bonds is 7. The smallest absolute Gasteiger partial charge is 0.299 e. The standard InChI is InChI=1S/C12H20N2O/c1-2-3-4-5-6-7-10-14-11-8-9-13-12(14)15/h8-9,11H,2-7,10H2,1H3. The Morgan fingerprint density at radius 2 is 1.93 bits per heavy atom. The molecular weight excluding hydrogens is 188 g/mol. The fourth-order valence-corrected chi connectivity index (χ4v) is 1.62. The molecule has 0 aliphatic rings. The predicted octanol–water partition coefficient (Wildman–Crippen LogP) is 2.60. The highest BCUT2D eigenvalue weighted by molar-refractivity contribution is 4.80. The first-order valence-corrected chi connectivity index (χ1v) is 5.86. The summed E-state index contributed by atoms with van der Waals surface area (Å²) >= 11 is 0. The molecule has 0 amide bonds. The Bertz CT molecular complexity index is 319. The lowest BCUT2D eigenvalue weighted by Gasteiger charge is -2.03. The highest BCUT2D eigenvalue weighted by Crippen LogP contribution is 2.05.